The number of alkyl halides is 3. The number of nitrogens with one attached hydrogen (secondary N) is 1. The van der Waals surface area contributed by atoms with Gasteiger partial charge in [0, 0.05) is 23.0 Å². The lowest BCUT2D eigenvalue weighted by molar-refractivity contribution is -0.137. The summed E-state index contributed by atoms with van der Waals surface area (Å²) in [4.78, 5) is 3.99. The van der Waals surface area contributed by atoms with Crippen LogP contribution in [0.5, 0.6) is 0 Å². The van der Waals surface area contributed by atoms with E-state index in [2.05, 4.69) is 31.4 Å². The van der Waals surface area contributed by atoms with Gasteiger partial charge in [0.25, 0.3) is 0 Å². The molecule has 1 aromatic carbocycles. The Labute approximate surface area is 121 Å². The van der Waals surface area contributed by atoms with Crippen molar-refractivity contribution < 1.29 is 17.7 Å². The smallest absolute Gasteiger partial charge is 0.339 e. The molecule has 0 aliphatic heterocycles. The van der Waals surface area contributed by atoms with E-state index in [1.54, 1.807) is 7.05 Å². The Kier molecular flexibility index (Phi) is 4.44. The van der Waals surface area contributed by atoms with Gasteiger partial charge in [-0.25, -0.2) is 0 Å². The molecule has 108 valence electrons. The van der Waals surface area contributed by atoms with Crippen molar-refractivity contribution in [3.8, 4) is 11.4 Å². The average molecular weight is 350 g/mol. The van der Waals surface area contributed by atoms with Gasteiger partial charge in [-0.15, -0.1) is 0 Å². The average Bonchev–Trinajstić information content (AvgIpc) is 2.84. The maximum Gasteiger partial charge on any atom is 0.417 e. The standard InChI is InChI=1S/C12H11BrF3N3O/c1-17-5-4-10-18-11(19-20-10)8-3-2-7(13)6-9(8)12(14,15)16/h2-3,6,17H,4-5H2,1H3. The largest absolute Gasteiger partial charge is 0.417 e. The number of likely N-dealkylation sites (N-methyl/N-ethyl adjacent to an activating group) is 1. The molecule has 1 N–H and O–H groups in total. The molecule has 0 bridgehead atoms. The Morgan fingerprint density at radius 1 is 1.35 bits per heavy atom. The number of halogens is 4. The molecular formula is C12H11BrF3N3O. The highest BCUT2D eigenvalue weighted by molar-refractivity contribution is 9.10. The molecule has 0 atom stereocenters. The highest BCUT2D eigenvalue weighted by Crippen LogP contribution is 2.37. The molecule has 0 aliphatic carbocycles. The molecule has 0 fully saturated rings. The van der Waals surface area contributed by atoms with Gasteiger partial charge in [0.1, 0.15) is 0 Å². The van der Waals surface area contributed by atoms with E-state index >= 15 is 0 Å². The fourth-order valence-corrected chi connectivity index (χ4v) is 2.00. The predicted molar refractivity (Wildman–Crippen MR) is 70.1 cm³/mol. The molecule has 0 unspecified atom stereocenters. The van der Waals surface area contributed by atoms with Gasteiger partial charge < -0.3 is 9.84 Å². The molecule has 20 heavy (non-hydrogen) atoms. The second-order valence-electron chi connectivity index (χ2n) is 4.05. The predicted octanol–water partition coefficient (Wildman–Crippen LogP) is 3.28. The molecule has 1 aromatic heterocycles. The second kappa shape index (κ2) is 5.92. The zero-order chi connectivity index (χ0) is 14.8. The fourth-order valence-electron chi connectivity index (χ4n) is 1.64. The summed E-state index contributed by atoms with van der Waals surface area (Å²) in [5, 5.41) is 6.51. The number of rotatable bonds is 4. The number of benzene rings is 1. The van der Waals surface area contributed by atoms with E-state index in [1.165, 1.54) is 12.1 Å². The van der Waals surface area contributed by atoms with Gasteiger partial charge in [-0.05, 0) is 25.2 Å². The van der Waals surface area contributed by atoms with Crippen molar-refractivity contribution in [1.29, 1.82) is 0 Å². The van der Waals surface area contributed by atoms with E-state index in [0.717, 1.165) is 6.07 Å². The van der Waals surface area contributed by atoms with Crippen LogP contribution in [0, 0.1) is 0 Å². The Hall–Kier alpha value is -1.41. The quantitative estimate of drug-likeness (QED) is 0.920. The molecule has 0 amide bonds. The van der Waals surface area contributed by atoms with E-state index in [1.807, 2.05) is 0 Å². The van der Waals surface area contributed by atoms with Crippen LogP contribution >= 0.6 is 15.9 Å². The molecular weight excluding hydrogens is 339 g/mol. The lowest BCUT2D eigenvalue weighted by Gasteiger charge is -2.10. The summed E-state index contributed by atoms with van der Waals surface area (Å²) in [6.07, 6.45) is -4.02. The lowest BCUT2D eigenvalue weighted by atomic mass is 10.1. The van der Waals surface area contributed by atoms with Crippen LogP contribution in [0.1, 0.15) is 11.5 Å². The zero-order valence-electron chi connectivity index (χ0n) is 10.5. The molecule has 4 nitrogen and oxygen atoms in total. The lowest BCUT2D eigenvalue weighted by Crippen LogP contribution is -2.10. The molecule has 0 spiro atoms. The van der Waals surface area contributed by atoms with Crippen LogP contribution in [-0.2, 0) is 12.6 Å². The van der Waals surface area contributed by atoms with Crippen molar-refractivity contribution in [2.45, 2.75) is 12.6 Å². The number of nitrogens with zero attached hydrogens (tertiary/aromatic N) is 2. The maximum atomic E-state index is 13.0. The summed E-state index contributed by atoms with van der Waals surface area (Å²) in [6.45, 7) is 0.605. The highest BCUT2D eigenvalue weighted by Gasteiger charge is 2.35. The van der Waals surface area contributed by atoms with Crippen LogP contribution in [0.2, 0.25) is 0 Å². The van der Waals surface area contributed by atoms with E-state index in [0.29, 0.717) is 23.3 Å². The van der Waals surface area contributed by atoms with Crippen molar-refractivity contribution in [1.82, 2.24) is 15.5 Å². The van der Waals surface area contributed by atoms with Crippen LogP contribution < -0.4 is 5.32 Å². The van der Waals surface area contributed by atoms with Gasteiger partial charge in [0.2, 0.25) is 11.7 Å². The Bertz CT molecular complexity index is 598. The third kappa shape index (κ3) is 3.37. The van der Waals surface area contributed by atoms with Crippen molar-refractivity contribution >= 4 is 15.9 Å². The first-order chi connectivity index (χ1) is 9.41. The maximum absolute atomic E-state index is 13.0. The molecule has 0 saturated heterocycles. The van der Waals surface area contributed by atoms with Crippen molar-refractivity contribution in [3.63, 3.8) is 0 Å². The number of aromatic nitrogens is 2. The molecule has 1 heterocycles. The number of hydrogen-bond donors (Lipinski definition) is 1. The van der Waals surface area contributed by atoms with Gasteiger partial charge in [-0.1, -0.05) is 21.1 Å². The van der Waals surface area contributed by atoms with E-state index in [-0.39, 0.29) is 11.4 Å². The first kappa shape index (κ1) is 15.0. The highest BCUT2D eigenvalue weighted by atomic mass is 79.9. The topological polar surface area (TPSA) is 51.0 Å². The van der Waals surface area contributed by atoms with Crippen molar-refractivity contribution in [2.24, 2.45) is 0 Å². The minimum atomic E-state index is -4.48. The van der Waals surface area contributed by atoms with Gasteiger partial charge in [-0.2, -0.15) is 18.2 Å². The van der Waals surface area contributed by atoms with Crippen LogP contribution in [-0.4, -0.2) is 23.7 Å². The Balaban J connectivity index is 2.39. The normalized spacial score (nSPS) is 11.8. The second-order valence-corrected chi connectivity index (χ2v) is 4.97. The minimum Gasteiger partial charge on any atom is -0.339 e. The van der Waals surface area contributed by atoms with Gasteiger partial charge in [0.05, 0.1) is 5.56 Å². The summed E-state index contributed by atoms with van der Waals surface area (Å²) in [5.41, 5.74) is -0.895. The van der Waals surface area contributed by atoms with Crippen LogP contribution in [0.25, 0.3) is 11.4 Å². The van der Waals surface area contributed by atoms with Crippen LogP contribution in [0.3, 0.4) is 0 Å². The first-order valence-electron chi connectivity index (χ1n) is 5.76. The van der Waals surface area contributed by atoms with E-state index < -0.39 is 11.7 Å². The number of hydrogen-bond acceptors (Lipinski definition) is 4. The summed E-state index contributed by atoms with van der Waals surface area (Å²) >= 11 is 3.03. The van der Waals surface area contributed by atoms with Crippen LogP contribution in [0.15, 0.2) is 27.2 Å². The van der Waals surface area contributed by atoms with Gasteiger partial charge in [0.15, 0.2) is 0 Å². The van der Waals surface area contributed by atoms with Gasteiger partial charge >= 0.3 is 6.18 Å². The fraction of sp³-hybridized carbons (Fsp3) is 0.333. The third-order valence-corrected chi connectivity index (χ3v) is 3.08. The summed E-state index contributed by atoms with van der Waals surface area (Å²) in [5.74, 6) is 0.237. The van der Waals surface area contributed by atoms with Crippen molar-refractivity contribution in [3.05, 3.63) is 34.1 Å². The summed E-state index contributed by atoms with van der Waals surface area (Å²) in [6, 6.07) is 3.83. The molecule has 8 heteroatoms. The van der Waals surface area contributed by atoms with Crippen molar-refractivity contribution in [2.75, 3.05) is 13.6 Å². The minimum absolute atomic E-state index is 0.0593. The summed E-state index contributed by atoms with van der Waals surface area (Å²) < 4.78 is 44.3. The zero-order valence-corrected chi connectivity index (χ0v) is 12.0. The SMILES string of the molecule is CNCCc1nc(-c2ccc(Br)cc2C(F)(F)F)no1. The molecule has 0 radical (unpaired) electrons. The summed E-state index contributed by atoms with van der Waals surface area (Å²) in [7, 11) is 1.76. The Morgan fingerprint density at radius 3 is 2.75 bits per heavy atom. The Morgan fingerprint density at radius 2 is 2.10 bits per heavy atom. The van der Waals surface area contributed by atoms with Crippen LogP contribution in [0.4, 0.5) is 13.2 Å². The molecule has 2 rings (SSSR count). The molecule has 2 aromatic rings. The first-order valence-corrected chi connectivity index (χ1v) is 6.55. The molecule has 0 aliphatic rings. The van der Waals surface area contributed by atoms with Gasteiger partial charge in [-0.3, -0.25) is 0 Å². The third-order valence-electron chi connectivity index (χ3n) is 2.58. The monoisotopic (exact) mass is 349 g/mol. The van der Waals surface area contributed by atoms with E-state index in [9.17, 15) is 13.2 Å². The van der Waals surface area contributed by atoms with E-state index in [4.69, 9.17) is 4.52 Å². The molecule has 0 saturated carbocycles.